The van der Waals surface area contributed by atoms with E-state index in [4.69, 9.17) is 27.9 Å². The molecule has 3 rings (SSSR count). The van der Waals surface area contributed by atoms with E-state index in [-0.39, 0.29) is 0 Å². The zero-order valence-corrected chi connectivity index (χ0v) is 12.1. The highest BCUT2D eigenvalue weighted by atomic mass is 35.5. The van der Waals surface area contributed by atoms with Crippen LogP contribution in [0.1, 0.15) is 0 Å². The molecule has 0 N–H and O–H groups in total. The second-order valence-corrected chi connectivity index (χ2v) is 4.94. The van der Waals surface area contributed by atoms with Crippen molar-refractivity contribution in [2.24, 2.45) is 0 Å². The van der Waals surface area contributed by atoms with E-state index in [2.05, 4.69) is 9.97 Å². The standard InChI is InChI=1S/C15H10Cl2N2O/c1-20-12-8-4-6-10(16)13(12)15-18-11-7-3-2-5-9(11)14(17)19-15/h2-8H,1H3. The van der Waals surface area contributed by atoms with Gasteiger partial charge in [-0.25, -0.2) is 9.97 Å². The van der Waals surface area contributed by atoms with Gasteiger partial charge >= 0.3 is 0 Å². The van der Waals surface area contributed by atoms with E-state index in [9.17, 15) is 0 Å². The summed E-state index contributed by atoms with van der Waals surface area (Å²) < 4.78 is 5.32. The lowest BCUT2D eigenvalue weighted by atomic mass is 10.1. The number of para-hydroxylation sites is 1. The van der Waals surface area contributed by atoms with Crippen molar-refractivity contribution in [3.05, 3.63) is 52.6 Å². The number of aromatic nitrogens is 2. The Bertz CT molecular complexity index is 790. The Morgan fingerprint density at radius 1 is 0.950 bits per heavy atom. The monoisotopic (exact) mass is 304 g/mol. The Morgan fingerprint density at radius 3 is 2.55 bits per heavy atom. The molecule has 0 unspecified atom stereocenters. The minimum atomic E-state index is 0.396. The zero-order chi connectivity index (χ0) is 14.1. The van der Waals surface area contributed by atoms with E-state index < -0.39 is 0 Å². The molecule has 0 atom stereocenters. The summed E-state index contributed by atoms with van der Waals surface area (Å²) in [5.74, 6) is 1.07. The minimum Gasteiger partial charge on any atom is -0.496 e. The molecule has 0 aliphatic heterocycles. The molecule has 0 bridgehead atoms. The zero-order valence-electron chi connectivity index (χ0n) is 10.6. The smallest absolute Gasteiger partial charge is 0.166 e. The van der Waals surface area contributed by atoms with Gasteiger partial charge in [-0.15, -0.1) is 0 Å². The van der Waals surface area contributed by atoms with Crippen LogP contribution >= 0.6 is 23.2 Å². The fraction of sp³-hybridized carbons (Fsp3) is 0.0667. The molecule has 0 spiro atoms. The predicted octanol–water partition coefficient (Wildman–Crippen LogP) is 4.61. The molecule has 0 aliphatic rings. The minimum absolute atomic E-state index is 0.396. The average Bonchev–Trinajstić information content (AvgIpc) is 2.46. The van der Waals surface area contributed by atoms with Gasteiger partial charge in [-0.1, -0.05) is 41.4 Å². The molecule has 0 fully saturated rings. The maximum Gasteiger partial charge on any atom is 0.166 e. The van der Waals surface area contributed by atoms with Crippen molar-refractivity contribution in [3.8, 4) is 17.1 Å². The number of rotatable bonds is 2. The predicted molar refractivity (Wildman–Crippen MR) is 81.5 cm³/mol. The average molecular weight is 305 g/mol. The van der Waals surface area contributed by atoms with Crippen LogP contribution in [0.25, 0.3) is 22.3 Å². The Balaban J connectivity index is 2.30. The van der Waals surface area contributed by atoms with E-state index >= 15 is 0 Å². The highest BCUT2D eigenvalue weighted by Gasteiger charge is 2.15. The summed E-state index contributed by atoms with van der Waals surface area (Å²) in [5.41, 5.74) is 1.41. The molecule has 0 aliphatic carbocycles. The number of ether oxygens (including phenoxy) is 1. The highest BCUT2D eigenvalue weighted by Crippen LogP contribution is 2.35. The Labute approximate surface area is 126 Å². The van der Waals surface area contributed by atoms with Gasteiger partial charge in [0.15, 0.2) is 5.82 Å². The van der Waals surface area contributed by atoms with Crippen molar-refractivity contribution < 1.29 is 4.74 Å². The first-order valence-corrected chi connectivity index (χ1v) is 6.71. The number of methoxy groups -OCH3 is 1. The van der Waals surface area contributed by atoms with Gasteiger partial charge in [-0.2, -0.15) is 0 Å². The van der Waals surface area contributed by atoms with Crippen molar-refractivity contribution >= 4 is 34.1 Å². The van der Waals surface area contributed by atoms with Gasteiger partial charge in [0.05, 0.1) is 23.2 Å². The maximum atomic E-state index is 6.24. The largest absolute Gasteiger partial charge is 0.496 e. The van der Waals surface area contributed by atoms with Crippen LogP contribution in [0.2, 0.25) is 10.2 Å². The van der Waals surface area contributed by atoms with Crippen LogP contribution in [0.3, 0.4) is 0 Å². The first-order valence-electron chi connectivity index (χ1n) is 5.96. The molecule has 0 amide bonds. The molecule has 3 nitrogen and oxygen atoms in total. The van der Waals surface area contributed by atoms with Gasteiger partial charge in [-0.3, -0.25) is 0 Å². The van der Waals surface area contributed by atoms with Crippen LogP contribution in [0, 0.1) is 0 Å². The van der Waals surface area contributed by atoms with Crippen molar-refractivity contribution in [2.45, 2.75) is 0 Å². The maximum absolute atomic E-state index is 6.24. The van der Waals surface area contributed by atoms with Gasteiger partial charge in [-0.05, 0) is 24.3 Å². The topological polar surface area (TPSA) is 35.0 Å². The fourth-order valence-corrected chi connectivity index (χ4v) is 2.53. The molecular formula is C15H10Cl2N2O. The molecule has 5 heteroatoms. The first kappa shape index (κ1) is 13.2. The molecule has 2 aromatic carbocycles. The summed E-state index contributed by atoms with van der Waals surface area (Å²) in [6, 6.07) is 13.0. The lowest BCUT2D eigenvalue weighted by Gasteiger charge is -2.10. The summed E-state index contributed by atoms with van der Waals surface area (Å²) >= 11 is 12.5. The summed E-state index contributed by atoms with van der Waals surface area (Å²) in [6.45, 7) is 0. The third kappa shape index (κ3) is 2.19. The number of benzene rings is 2. The summed E-state index contributed by atoms with van der Waals surface area (Å²) in [6.07, 6.45) is 0. The summed E-state index contributed by atoms with van der Waals surface area (Å²) in [7, 11) is 1.58. The third-order valence-electron chi connectivity index (χ3n) is 2.98. The molecule has 100 valence electrons. The molecular weight excluding hydrogens is 295 g/mol. The lowest BCUT2D eigenvalue weighted by Crippen LogP contribution is -1.95. The fourth-order valence-electron chi connectivity index (χ4n) is 2.04. The van der Waals surface area contributed by atoms with Gasteiger partial charge < -0.3 is 4.74 Å². The SMILES string of the molecule is COc1cccc(Cl)c1-c1nc(Cl)c2ccccc2n1. The van der Waals surface area contributed by atoms with E-state index in [1.807, 2.05) is 36.4 Å². The van der Waals surface area contributed by atoms with E-state index in [0.717, 1.165) is 10.9 Å². The van der Waals surface area contributed by atoms with Crippen LogP contribution in [-0.4, -0.2) is 17.1 Å². The quantitative estimate of drug-likeness (QED) is 0.648. The van der Waals surface area contributed by atoms with Crippen molar-refractivity contribution in [3.63, 3.8) is 0 Å². The van der Waals surface area contributed by atoms with Crippen molar-refractivity contribution in [2.75, 3.05) is 7.11 Å². The molecule has 3 aromatic rings. The van der Waals surface area contributed by atoms with Crippen molar-refractivity contribution in [1.29, 1.82) is 0 Å². The van der Waals surface area contributed by atoms with Crippen LogP contribution in [0.15, 0.2) is 42.5 Å². The van der Waals surface area contributed by atoms with Crippen LogP contribution in [0.5, 0.6) is 5.75 Å². The van der Waals surface area contributed by atoms with Gasteiger partial charge in [0.25, 0.3) is 0 Å². The molecule has 20 heavy (non-hydrogen) atoms. The number of hydrogen-bond donors (Lipinski definition) is 0. The van der Waals surface area contributed by atoms with Crippen molar-refractivity contribution in [1.82, 2.24) is 9.97 Å². The Kier molecular flexibility index (Phi) is 3.47. The number of hydrogen-bond acceptors (Lipinski definition) is 3. The van der Waals surface area contributed by atoms with Gasteiger partial charge in [0, 0.05) is 5.39 Å². The lowest BCUT2D eigenvalue weighted by molar-refractivity contribution is 0.416. The van der Waals surface area contributed by atoms with E-state index in [0.29, 0.717) is 27.3 Å². The number of halogens is 2. The van der Waals surface area contributed by atoms with Gasteiger partial charge in [0.2, 0.25) is 0 Å². The second kappa shape index (κ2) is 5.27. The number of nitrogens with zero attached hydrogens (tertiary/aromatic N) is 2. The second-order valence-electron chi connectivity index (χ2n) is 4.17. The summed E-state index contributed by atoms with van der Waals surface area (Å²) in [5, 5.41) is 1.73. The van der Waals surface area contributed by atoms with Crippen LogP contribution < -0.4 is 4.74 Å². The van der Waals surface area contributed by atoms with Crippen LogP contribution in [0.4, 0.5) is 0 Å². The Morgan fingerprint density at radius 2 is 1.75 bits per heavy atom. The number of fused-ring (bicyclic) bond motifs is 1. The Hall–Kier alpha value is -1.84. The molecule has 0 saturated heterocycles. The van der Waals surface area contributed by atoms with E-state index in [1.165, 1.54) is 0 Å². The summed E-state index contributed by atoms with van der Waals surface area (Å²) in [4.78, 5) is 8.85. The third-order valence-corrected chi connectivity index (χ3v) is 3.58. The molecule has 1 heterocycles. The van der Waals surface area contributed by atoms with Crippen LogP contribution in [-0.2, 0) is 0 Å². The molecule has 0 saturated carbocycles. The van der Waals surface area contributed by atoms with E-state index in [1.54, 1.807) is 13.2 Å². The van der Waals surface area contributed by atoms with Gasteiger partial charge in [0.1, 0.15) is 10.9 Å². The molecule has 1 aromatic heterocycles. The normalized spacial score (nSPS) is 10.8. The molecule has 0 radical (unpaired) electrons. The first-order chi connectivity index (χ1) is 9.70. The highest BCUT2D eigenvalue weighted by molar-refractivity contribution is 6.35.